The Morgan fingerprint density at radius 2 is 2.16 bits per heavy atom. The van der Waals surface area contributed by atoms with E-state index < -0.39 is 0 Å². The monoisotopic (exact) mass is 343 g/mol. The molecule has 1 N–H and O–H groups in total. The lowest BCUT2D eigenvalue weighted by Crippen LogP contribution is -2.43. The number of likely N-dealkylation sites (tertiary alicyclic amines) is 1. The van der Waals surface area contributed by atoms with Gasteiger partial charge in [-0.2, -0.15) is 0 Å². The third kappa shape index (κ3) is 4.92. The van der Waals surface area contributed by atoms with Crippen molar-refractivity contribution in [1.82, 2.24) is 9.88 Å². The standard InChI is InChI=1S/C19H22FN3O2/c1-14-11-18(8-9-21-14)25-13-15-3-2-10-23(12-15)19(24)22-17-6-4-16(20)5-7-17/h4-9,11,15H,2-3,10,12-13H2,1H3,(H,22,24). The average molecular weight is 343 g/mol. The lowest BCUT2D eigenvalue weighted by Gasteiger charge is -2.32. The van der Waals surface area contributed by atoms with Crippen molar-refractivity contribution in [2.24, 2.45) is 5.92 Å². The molecule has 0 radical (unpaired) electrons. The highest BCUT2D eigenvalue weighted by atomic mass is 19.1. The molecule has 1 aromatic heterocycles. The number of nitrogens with zero attached hydrogens (tertiary/aromatic N) is 2. The number of halogens is 1. The zero-order valence-corrected chi connectivity index (χ0v) is 14.2. The van der Waals surface area contributed by atoms with Crippen molar-refractivity contribution in [1.29, 1.82) is 0 Å². The van der Waals surface area contributed by atoms with E-state index in [0.29, 0.717) is 24.8 Å². The van der Waals surface area contributed by atoms with Crippen LogP contribution in [0.25, 0.3) is 0 Å². The van der Waals surface area contributed by atoms with Crippen molar-refractivity contribution in [3.05, 3.63) is 54.1 Å². The maximum absolute atomic E-state index is 12.9. The number of rotatable bonds is 4. The molecule has 1 fully saturated rings. The minimum atomic E-state index is -0.320. The minimum Gasteiger partial charge on any atom is -0.493 e. The van der Waals surface area contributed by atoms with Gasteiger partial charge in [0.1, 0.15) is 11.6 Å². The minimum absolute atomic E-state index is 0.156. The molecule has 0 saturated carbocycles. The van der Waals surface area contributed by atoms with Crippen molar-refractivity contribution >= 4 is 11.7 Å². The van der Waals surface area contributed by atoms with E-state index in [4.69, 9.17) is 4.74 Å². The third-order valence-corrected chi connectivity index (χ3v) is 4.26. The molecule has 2 aromatic rings. The Labute approximate surface area is 146 Å². The van der Waals surface area contributed by atoms with Gasteiger partial charge >= 0.3 is 6.03 Å². The summed E-state index contributed by atoms with van der Waals surface area (Å²) in [5.74, 6) is 0.779. The topological polar surface area (TPSA) is 54.5 Å². The highest BCUT2D eigenvalue weighted by molar-refractivity contribution is 5.89. The number of anilines is 1. The lowest BCUT2D eigenvalue weighted by molar-refractivity contribution is 0.145. The molecule has 2 heterocycles. The van der Waals surface area contributed by atoms with E-state index in [9.17, 15) is 9.18 Å². The number of hydrogen-bond acceptors (Lipinski definition) is 3. The summed E-state index contributed by atoms with van der Waals surface area (Å²) in [6.45, 7) is 3.87. The maximum Gasteiger partial charge on any atom is 0.321 e. The summed E-state index contributed by atoms with van der Waals surface area (Å²) in [6.07, 6.45) is 3.71. The van der Waals surface area contributed by atoms with E-state index in [2.05, 4.69) is 10.3 Å². The first kappa shape index (κ1) is 17.2. The first-order valence-electron chi connectivity index (χ1n) is 8.47. The fourth-order valence-electron chi connectivity index (χ4n) is 2.94. The first-order chi connectivity index (χ1) is 12.1. The van der Waals surface area contributed by atoms with Crippen molar-refractivity contribution in [3.8, 4) is 5.75 Å². The SMILES string of the molecule is Cc1cc(OCC2CCCN(C(=O)Nc3ccc(F)cc3)C2)ccn1. The summed E-state index contributed by atoms with van der Waals surface area (Å²) in [4.78, 5) is 18.3. The second kappa shape index (κ2) is 7.96. The van der Waals surface area contributed by atoms with Crippen LogP contribution in [0.5, 0.6) is 5.75 Å². The van der Waals surface area contributed by atoms with Gasteiger partial charge in [0.25, 0.3) is 0 Å². The number of piperidine rings is 1. The molecule has 1 saturated heterocycles. The first-order valence-corrected chi connectivity index (χ1v) is 8.47. The molecule has 1 unspecified atom stereocenters. The van der Waals surface area contributed by atoms with Crippen LogP contribution in [0, 0.1) is 18.7 Å². The number of benzene rings is 1. The molecular formula is C19H22FN3O2. The van der Waals surface area contributed by atoms with Crippen LogP contribution in [-0.2, 0) is 0 Å². The highest BCUT2D eigenvalue weighted by Gasteiger charge is 2.24. The van der Waals surface area contributed by atoms with Crippen LogP contribution in [0.3, 0.4) is 0 Å². The zero-order chi connectivity index (χ0) is 17.6. The fraction of sp³-hybridized carbons (Fsp3) is 0.368. The third-order valence-electron chi connectivity index (χ3n) is 4.26. The van der Waals surface area contributed by atoms with Crippen LogP contribution in [0.4, 0.5) is 14.9 Å². The Hall–Kier alpha value is -2.63. The molecule has 5 nitrogen and oxygen atoms in total. The Bertz CT molecular complexity index is 721. The summed E-state index contributed by atoms with van der Waals surface area (Å²) in [6, 6.07) is 9.37. The van der Waals surface area contributed by atoms with Crippen molar-refractivity contribution in [2.45, 2.75) is 19.8 Å². The smallest absolute Gasteiger partial charge is 0.321 e. The van der Waals surface area contributed by atoms with Gasteiger partial charge in [-0.15, -0.1) is 0 Å². The van der Waals surface area contributed by atoms with Crippen molar-refractivity contribution in [2.75, 3.05) is 25.0 Å². The van der Waals surface area contributed by atoms with E-state index in [-0.39, 0.29) is 11.8 Å². The lowest BCUT2D eigenvalue weighted by atomic mass is 9.99. The number of pyridine rings is 1. The van der Waals surface area contributed by atoms with E-state index in [1.807, 2.05) is 19.1 Å². The number of hydrogen-bond donors (Lipinski definition) is 1. The number of carbonyl (C=O) groups is 1. The number of nitrogens with one attached hydrogen (secondary N) is 1. The van der Waals surface area contributed by atoms with Gasteiger partial charge in [0.05, 0.1) is 6.61 Å². The fourth-order valence-corrected chi connectivity index (χ4v) is 2.94. The van der Waals surface area contributed by atoms with E-state index in [0.717, 1.165) is 30.8 Å². The second-order valence-electron chi connectivity index (χ2n) is 6.34. The van der Waals surface area contributed by atoms with Crippen LogP contribution >= 0.6 is 0 Å². The number of carbonyl (C=O) groups excluding carboxylic acids is 1. The largest absolute Gasteiger partial charge is 0.493 e. The van der Waals surface area contributed by atoms with Gasteiger partial charge in [0.15, 0.2) is 0 Å². The van der Waals surface area contributed by atoms with Crippen LogP contribution in [-0.4, -0.2) is 35.6 Å². The predicted octanol–water partition coefficient (Wildman–Crippen LogP) is 3.85. The van der Waals surface area contributed by atoms with Crippen LogP contribution in [0.15, 0.2) is 42.6 Å². The zero-order valence-electron chi connectivity index (χ0n) is 14.2. The Morgan fingerprint density at radius 3 is 2.92 bits per heavy atom. The number of urea groups is 1. The molecule has 25 heavy (non-hydrogen) atoms. The number of amides is 2. The predicted molar refractivity (Wildman–Crippen MR) is 94.2 cm³/mol. The highest BCUT2D eigenvalue weighted by Crippen LogP contribution is 2.20. The molecule has 132 valence electrons. The van der Waals surface area contributed by atoms with Crippen LogP contribution in [0.2, 0.25) is 0 Å². The quantitative estimate of drug-likeness (QED) is 0.917. The van der Waals surface area contributed by atoms with E-state index >= 15 is 0 Å². The molecule has 2 amide bonds. The van der Waals surface area contributed by atoms with Gasteiger partial charge < -0.3 is 15.0 Å². The van der Waals surface area contributed by atoms with Gasteiger partial charge in [-0.25, -0.2) is 9.18 Å². The van der Waals surface area contributed by atoms with Gasteiger partial charge in [0.2, 0.25) is 0 Å². The molecule has 0 aliphatic carbocycles. The van der Waals surface area contributed by atoms with E-state index in [1.54, 1.807) is 23.2 Å². The van der Waals surface area contributed by atoms with Crippen LogP contribution in [0.1, 0.15) is 18.5 Å². The maximum atomic E-state index is 12.9. The van der Waals surface area contributed by atoms with Gasteiger partial charge in [-0.3, -0.25) is 4.98 Å². The molecule has 6 heteroatoms. The summed E-state index contributed by atoms with van der Waals surface area (Å²) in [5.41, 5.74) is 1.51. The number of ether oxygens (including phenoxy) is 1. The van der Waals surface area contributed by atoms with Crippen molar-refractivity contribution < 1.29 is 13.9 Å². The van der Waals surface area contributed by atoms with E-state index in [1.165, 1.54) is 12.1 Å². The van der Waals surface area contributed by atoms with Crippen LogP contribution < -0.4 is 10.1 Å². The molecular weight excluding hydrogens is 321 g/mol. The summed E-state index contributed by atoms with van der Waals surface area (Å²) < 4.78 is 18.8. The van der Waals surface area contributed by atoms with Crippen molar-refractivity contribution in [3.63, 3.8) is 0 Å². The molecule has 1 aliphatic heterocycles. The van der Waals surface area contributed by atoms with Gasteiger partial charge in [-0.1, -0.05) is 0 Å². The average Bonchev–Trinajstić information content (AvgIpc) is 2.62. The summed E-state index contributed by atoms with van der Waals surface area (Å²) in [5, 5.41) is 2.81. The number of aromatic nitrogens is 1. The van der Waals surface area contributed by atoms with Gasteiger partial charge in [0, 0.05) is 42.7 Å². The molecule has 1 aromatic carbocycles. The normalized spacial score (nSPS) is 17.2. The molecule has 1 aliphatic rings. The summed E-state index contributed by atoms with van der Waals surface area (Å²) >= 11 is 0. The molecule has 0 bridgehead atoms. The Morgan fingerprint density at radius 1 is 1.36 bits per heavy atom. The summed E-state index contributed by atoms with van der Waals surface area (Å²) in [7, 11) is 0. The molecule has 1 atom stereocenters. The number of aryl methyl sites for hydroxylation is 1. The molecule has 3 rings (SSSR count). The molecule has 0 spiro atoms. The Balaban J connectivity index is 1.51. The second-order valence-corrected chi connectivity index (χ2v) is 6.34. The van der Waals surface area contributed by atoms with Gasteiger partial charge in [-0.05, 0) is 50.1 Å². The Kier molecular flexibility index (Phi) is 5.48.